The number of hydrogen-bond donors (Lipinski definition) is 1. The lowest BCUT2D eigenvalue weighted by Crippen LogP contribution is -2.12. The Morgan fingerprint density at radius 1 is 1.17 bits per heavy atom. The Labute approximate surface area is 108 Å². The van der Waals surface area contributed by atoms with Gasteiger partial charge in [-0.2, -0.15) is 5.10 Å². The lowest BCUT2D eigenvalue weighted by atomic mass is 9.90. The van der Waals surface area contributed by atoms with Gasteiger partial charge in [0.15, 0.2) is 5.75 Å². The maximum absolute atomic E-state index is 10.4. The quantitative estimate of drug-likeness (QED) is 0.835. The molecule has 0 unspecified atom stereocenters. The van der Waals surface area contributed by atoms with Crippen molar-refractivity contribution >= 4 is 0 Å². The summed E-state index contributed by atoms with van der Waals surface area (Å²) in [6.45, 7) is 8.20. The third-order valence-corrected chi connectivity index (χ3v) is 3.13. The van der Waals surface area contributed by atoms with Crippen molar-refractivity contribution in [2.75, 3.05) is 0 Å². The SMILES string of the molecule is Cc1ccccc1-c1c(O)c(C(C)(C)C)nn1C. The van der Waals surface area contributed by atoms with Gasteiger partial charge < -0.3 is 5.11 Å². The number of nitrogens with zero attached hydrogens (tertiary/aromatic N) is 2. The number of aromatic nitrogens is 2. The molecule has 0 aliphatic rings. The van der Waals surface area contributed by atoms with Crippen LogP contribution in [0.2, 0.25) is 0 Å². The molecule has 0 saturated heterocycles. The van der Waals surface area contributed by atoms with Crippen LogP contribution in [-0.4, -0.2) is 14.9 Å². The average Bonchev–Trinajstić information content (AvgIpc) is 2.55. The predicted octanol–water partition coefficient (Wildman–Crippen LogP) is 3.40. The van der Waals surface area contributed by atoms with Gasteiger partial charge in [-0.15, -0.1) is 0 Å². The topological polar surface area (TPSA) is 38.1 Å². The Kier molecular flexibility index (Phi) is 2.93. The summed E-state index contributed by atoms with van der Waals surface area (Å²) < 4.78 is 1.76. The molecule has 2 rings (SSSR count). The third kappa shape index (κ3) is 2.01. The molecule has 0 atom stereocenters. The maximum atomic E-state index is 10.4. The molecule has 0 radical (unpaired) electrons. The van der Waals surface area contributed by atoms with Gasteiger partial charge >= 0.3 is 0 Å². The van der Waals surface area contributed by atoms with Crippen molar-refractivity contribution < 1.29 is 5.11 Å². The molecule has 0 fully saturated rings. The Bertz CT molecular complexity index is 577. The van der Waals surface area contributed by atoms with Crippen LogP contribution in [0.5, 0.6) is 5.75 Å². The molecule has 0 spiro atoms. The van der Waals surface area contributed by atoms with Crippen LogP contribution in [0.25, 0.3) is 11.3 Å². The summed E-state index contributed by atoms with van der Waals surface area (Å²) >= 11 is 0. The molecular formula is C15H20N2O. The second-order valence-electron chi connectivity index (χ2n) is 5.73. The molecule has 1 heterocycles. The lowest BCUT2D eigenvalue weighted by molar-refractivity contribution is 0.445. The van der Waals surface area contributed by atoms with Gasteiger partial charge in [-0.1, -0.05) is 45.0 Å². The first kappa shape index (κ1) is 12.7. The van der Waals surface area contributed by atoms with E-state index in [1.807, 2.05) is 38.2 Å². The van der Waals surface area contributed by atoms with Crippen LogP contribution < -0.4 is 0 Å². The summed E-state index contributed by atoms with van der Waals surface area (Å²) in [5, 5.41) is 14.9. The van der Waals surface area contributed by atoms with E-state index in [2.05, 4.69) is 25.9 Å². The number of aryl methyl sites for hydroxylation is 2. The Morgan fingerprint density at radius 2 is 1.78 bits per heavy atom. The second-order valence-corrected chi connectivity index (χ2v) is 5.73. The fraction of sp³-hybridized carbons (Fsp3) is 0.400. The summed E-state index contributed by atoms with van der Waals surface area (Å²) in [5.41, 5.74) is 3.53. The van der Waals surface area contributed by atoms with Gasteiger partial charge in [0.1, 0.15) is 11.4 Å². The fourth-order valence-corrected chi connectivity index (χ4v) is 2.16. The molecule has 0 amide bonds. The van der Waals surface area contributed by atoms with Crippen LogP contribution in [0.3, 0.4) is 0 Å². The largest absolute Gasteiger partial charge is 0.504 e. The number of aromatic hydroxyl groups is 1. The average molecular weight is 244 g/mol. The van der Waals surface area contributed by atoms with Crippen molar-refractivity contribution in [3.8, 4) is 17.0 Å². The smallest absolute Gasteiger partial charge is 0.165 e. The summed E-state index contributed by atoms with van der Waals surface area (Å²) in [7, 11) is 1.87. The van der Waals surface area contributed by atoms with Crippen molar-refractivity contribution in [2.24, 2.45) is 7.05 Å². The van der Waals surface area contributed by atoms with Gasteiger partial charge in [0.05, 0.1) is 0 Å². The molecular weight excluding hydrogens is 224 g/mol. The van der Waals surface area contributed by atoms with Gasteiger partial charge in [-0.25, -0.2) is 0 Å². The first-order valence-corrected chi connectivity index (χ1v) is 6.15. The molecule has 0 bridgehead atoms. The molecule has 2 aromatic rings. The summed E-state index contributed by atoms with van der Waals surface area (Å²) in [6.07, 6.45) is 0. The zero-order chi connectivity index (χ0) is 13.5. The lowest BCUT2D eigenvalue weighted by Gasteiger charge is -2.15. The third-order valence-electron chi connectivity index (χ3n) is 3.13. The molecule has 1 N–H and O–H groups in total. The first-order chi connectivity index (χ1) is 8.32. The highest BCUT2D eigenvalue weighted by atomic mass is 16.3. The van der Waals surface area contributed by atoms with Crippen molar-refractivity contribution in [1.29, 1.82) is 0 Å². The number of hydrogen-bond acceptors (Lipinski definition) is 2. The highest BCUT2D eigenvalue weighted by molar-refractivity contribution is 5.71. The number of benzene rings is 1. The van der Waals surface area contributed by atoms with Crippen LogP contribution >= 0.6 is 0 Å². The van der Waals surface area contributed by atoms with Gasteiger partial charge in [-0.3, -0.25) is 4.68 Å². The Hall–Kier alpha value is -1.77. The maximum Gasteiger partial charge on any atom is 0.165 e. The van der Waals surface area contributed by atoms with E-state index in [4.69, 9.17) is 0 Å². The van der Waals surface area contributed by atoms with E-state index in [1.165, 1.54) is 0 Å². The fourth-order valence-electron chi connectivity index (χ4n) is 2.16. The molecule has 0 aliphatic heterocycles. The number of rotatable bonds is 1. The summed E-state index contributed by atoms with van der Waals surface area (Å²) in [6, 6.07) is 8.03. The van der Waals surface area contributed by atoms with E-state index in [1.54, 1.807) is 4.68 Å². The standard InChI is InChI=1S/C15H20N2O/c1-10-8-6-7-9-11(10)12-13(18)14(15(2,3)4)16-17(12)5/h6-9,18H,1-5H3. The molecule has 0 saturated carbocycles. The van der Waals surface area contributed by atoms with Gasteiger partial charge in [0, 0.05) is 18.0 Å². The van der Waals surface area contributed by atoms with Crippen LogP contribution in [0.4, 0.5) is 0 Å². The molecule has 18 heavy (non-hydrogen) atoms. The minimum Gasteiger partial charge on any atom is -0.504 e. The van der Waals surface area contributed by atoms with Crippen LogP contribution in [0, 0.1) is 6.92 Å². The predicted molar refractivity (Wildman–Crippen MR) is 73.7 cm³/mol. The van der Waals surface area contributed by atoms with Crippen LogP contribution in [0.15, 0.2) is 24.3 Å². The minimum absolute atomic E-state index is 0.164. The van der Waals surface area contributed by atoms with Crippen LogP contribution in [-0.2, 0) is 12.5 Å². The van der Waals surface area contributed by atoms with E-state index in [-0.39, 0.29) is 5.41 Å². The van der Waals surface area contributed by atoms with E-state index in [9.17, 15) is 5.11 Å². The molecule has 96 valence electrons. The second kappa shape index (κ2) is 4.16. The monoisotopic (exact) mass is 244 g/mol. The van der Waals surface area contributed by atoms with E-state index in [0.29, 0.717) is 5.75 Å². The zero-order valence-electron chi connectivity index (χ0n) is 11.7. The first-order valence-electron chi connectivity index (χ1n) is 6.15. The van der Waals surface area contributed by atoms with Crippen molar-refractivity contribution in [3.05, 3.63) is 35.5 Å². The Balaban J connectivity index is 2.67. The summed E-state index contributed by atoms with van der Waals surface area (Å²) in [5.74, 6) is 0.291. The van der Waals surface area contributed by atoms with Crippen molar-refractivity contribution in [2.45, 2.75) is 33.1 Å². The summed E-state index contributed by atoms with van der Waals surface area (Å²) in [4.78, 5) is 0. The normalized spacial score (nSPS) is 11.8. The van der Waals surface area contributed by atoms with E-state index >= 15 is 0 Å². The van der Waals surface area contributed by atoms with Crippen molar-refractivity contribution in [3.63, 3.8) is 0 Å². The minimum atomic E-state index is -0.164. The molecule has 1 aromatic heterocycles. The molecule has 0 aliphatic carbocycles. The highest BCUT2D eigenvalue weighted by Gasteiger charge is 2.26. The van der Waals surface area contributed by atoms with Crippen LogP contribution in [0.1, 0.15) is 32.0 Å². The van der Waals surface area contributed by atoms with Gasteiger partial charge in [0.2, 0.25) is 0 Å². The van der Waals surface area contributed by atoms with E-state index < -0.39 is 0 Å². The Morgan fingerprint density at radius 3 is 2.28 bits per heavy atom. The highest BCUT2D eigenvalue weighted by Crippen LogP contribution is 2.38. The molecule has 3 nitrogen and oxygen atoms in total. The molecule has 1 aromatic carbocycles. The van der Waals surface area contributed by atoms with E-state index in [0.717, 1.165) is 22.5 Å². The molecule has 3 heteroatoms. The zero-order valence-corrected chi connectivity index (χ0v) is 11.7. The van der Waals surface area contributed by atoms with Gasteiger partial charge in [0.25, 0.3) is 0 Å². The van der Waals surface area contributed by atoms with Gasteiger partial charge in [-0.05, 0) is 12.5 Å². The van der Waals surface area contributed by atoms with Crippen molar-refractivity contribution in [1.82, 2.24) is 9.78 Å².